The molecule has 2 amide bonds. The molecular weight excluding hydrogens is 398 g/mol. The average molecular weight is 424 g/mol. The van der Waals surface area contributed by atoms with Crippen molar-refractivity contribution in [2.24, 2.45) is 0 Å². The highest BCUT2D eigenvalue weighted by Gasteiger charge is 2.34. The predicted molar refractivity (Wildman–Crippen MR) is 118 cm³/mol. The fraction of sp³-hybridized carbons (Fsp3) is 0.409. The lowest BCUT2D eigenvalue weighted by Gasteiger charge is -2.34. The van der Waals surface area contributed by atoms with Crippen LogP contribution >= 0.6 is 11.3 Å². The number of H-pyrrole nitrogens is 1. The summed E-state index contributed by atoms with van der Waals surface area (Å²) in [6.45, 7) is 5.40. The molecule has 3 aromatic rings. The maximum Gasteiger partial charge on any atom is 0.270 e. The Bertz CT molecular complexity index is 1050. The lowest BCUT2D eigenvalue weighted by Crippen LogP contribution is -2.48. The molecule has 30 heavy (non-hydrogen) atoms. The first-order valence-corrected chi connectivity index (χ1v) is 11.3. The van der Waals surface area contributed by atoms with Crippen molar-refractivity contribution in [1.82, 2.24) is 19.8 Å². The monoisotopic (exact) mass is 423 g/mol. The number of carbonyl (C=O) groups is 2. The zero-order valence-electron chi connectivity index (χ0n) is 17.0. The van der Waals surface area contributed by atoms with Crippen molar-refractivity contribution in [3.8, 4) is 0 Å². The number of thiazole rings is 1. The van der Waals surface area contributed by atoms with Crippen LogP contribution in [0.1, 0.15) is 35.9 Å². The van der Waals surface area contributed by atoms with Crippen molar-refractivity contribution in [1.29, 1.82) is 0 Å². The Kier molecular flexibility index (Phi) is 5.04. The van der Waals surface area contributed by atoms with Crippen molar-refractivity contribution in [3.63, 3.8) is 0 Å². The second kappa shape index (κ2) is 7.85. The summed E-state index contributed by atoms with van der Waals surface area (Å²) in [7, 11) is 0. The molecule has 3 heterocycles. The molecule has 8 heteroatoms. The Morgan fingerprint density at radius 2 is 1.97 bits per heavy atom. The van der Waals surface area contributed by atoms with Gasteiger partial charge in [-0.05, 0) is 25.0 Å². The van der Waals surface area contributed by atoms with Crippen molar-refractivity contribution >= 4 is 39.2 Å². The van der Waals surface area contributed by atoms with Gasteiger partial charge in [0.2, 0.25) is 5.91 Å². The van der Waals surface area contributed by atoms with Crippen LogP contribution in [-0.2, 0) is 11.3 Å². The highest BCUT2D eigenvalue weighted by molar-refractivity contribution is 7.14. The largest absolute Gasteiger partial charge is 0.351 e. The first-order chi connectivity index (χ1) is 14.6. The molecule has 0 radical (unpaired) electrons. The number of aromatic nitrogens is 2. The summed E-state index contributed by atoms with van der Waals surface area (Å²) in [5.41, 5.74) is 2.64. The van der Waals surface area contributed by atoms with Crippen LogP contribution in [0.3, 0.4) is 0 Å². The number of para-hydroxylation sites is 1. The third-order valence-corrected chi connectivity index (χ3v) is 6.69. The minimum atomic E-state index is 0.0586. The topological polar surface area (TPSA) is 72.5 Å². The molecule has 1 aliphatic heterocycles. The number of amides is 2. The van der Waals surface area contributed by atoms with Gasteiger partial charge in [0, 0.05) is 62.0 Å². The zero-order chi connectivity index (χ0) is 20.7. The van der Waals surface area contributed by atoms with Gasteiger partial charge in [-0.15, -0.1) is 11.3 Å². The molecular formula is C22H25N5O2S. The van der Waals surface area contributed by atoms with Gasteiger partial charge in [-0.1, -0.05) is 18.2 Å². The molecule has 0 spiro atoms. The fourth-order valence-corrected chi connectivity index (χ4v) is 4.99. The first-order valence-electron chi connectivity index (χ1n) is 10.4. The van der Waals surface area contributed by atoms with Crippen LogP contribution in [-0.4, -0.2) is 63.8 Å². The molecule has 1 saturated carbocycles. The lowest BCUT2D eigenvalue weighted by atomic mass is 10.2. The van der Waals surface area contributed by atoms with E-state index >= 15 is 0 Å². The van der Waals surface area contributed by atoms with Crippen molar-refractivity contribution in [3.05, 3.63) is 47.1 Å². The van der Waals surface area contributed by atoms with Crippen LogP contribution in [0.4, 0.5) is 5.13 Å². The van der Waals surface area contributed by atoms with Gasteiger partial charge >= 0.3 is 0 Å². The number of rotatable bonds is 5. The maximum absolute atomic E-state index is 12.9. The van der Waals surface area contributed by atoms with Gasteiger partial charge in [-0.2, -0.15) is 0 Å². The molecule has 0 atom stereocenters. The first kappa shape index (κ1) is 19.3. The second-order valence-electron chi connectivity index (χ2n) is 8.08. The Labute approximate surface area is 179 Å². The zero-order valence-corrected chi connectivity index (χ0v) is 17.8. The molecule has 2 fully saturated rings. The van der Waals surface area contributed by atoms with Crippen LogP contribution in [0.2, 0.25) is 0 Å². The van der Waals surface area contributed by atoms with Crippen molar-refractivity contribution in [2.45, 2.75) is 32.4 Å². The van der Waals surface area contributed by atoms with Crippen LogP contribution in [0, 0.1) is 0 Å². The maximum atomic E-state index is 12.9. The van der Waals surface area contributed by atoms with E-state index < -0.39 is 0 Å². The van der Waals surface area contributed by atoms with E-state index in [2.05, 4.69) is 15.3 Å². The van der Waals surface area contributed by atoms with E-state index in [1.54, 1.807) is 18.3 Å². The van der Waals surface area contributed by atoms with E-state index in [0.717, 1.165) is 54.2 Å². The highest BCUT2D eigenvalue weighted by atomic mass is 32.1. The average Bonchev–Trinajstić information content (AvgIpc) is 3.30. The van der Waals surface area contributed by atoms with Crippen molar-refractivity contribution < 1.29 is 9.59 Å². The van der Waals surface area contributed by atoms with E-state index in [4.69, 9.17) is 4.98 Å². The van der Waals surface area contributed by atoms with Crippen LogP contribution in [0.5, 0.6) is 0 Å². The van der Waals surface area contributed by atoms with Crippen LogP contribution in [0.15, 0.2) is 35.7 Å². The molecule has 0 unspecified atom stereocenters. The summed E-state index contributed by atoms with van der Waals surface area (Å²) in [6.07, 6.45) is 2.14. The Morgan fingerprint density at radius 1 is 1.20 bits per heavy atom. The lowest BCUT2D eigenvalue weighted by molar-refractivity contribution is -0.116. The van der Waals surface area contributed by atoms with Gasteiger partial charge in [-0.3, -0.25) is 19.4 Å². The standard InChI is InChI=1S/C22H25N5O2S/c1-15(28)27(18-6-7-18)22-23-17(14-30-22)13-25-8-10-26(11-9-25)21(29)20-12-16-4-2-3-5-19(16)24-20/h2-5,12,14,18,24H,6-11,13H2,1H3. The Balaban J connectivity index is 1.18. The molecule has 1 N–H and O–H groups in total. The molecule has 1 saturated heterocycles. The summed E-state index contributed by atoms with van der Waals surface area (Å²) < 4.78 is 0. The number of hydrogen-bond acceptors (Lipinski definition) is 5. The highest BCUT2D eigenvalue weighted by Crippen LogP contribution is 2.33. The smallest absolute Gasteiger partial charge is 0.270 e. The predicted octanol–water partition coefficient (Wildman–Crippen LogP) is 3.10. The molecule has 7 nitrogen and oxygen atoms in total. The van der Waals surface area contributed by atoms with E-state index in [1.165, 1.54) is 0 Å². The number of nitrogens with one attached hydrogen (secondary N) is 1. The SMILES string of the molecule is CC(=O)N(c1nc(CN2CCN(C(=O)c3cc4ccccc4[nH]3)CC2)cs1)C1CC1. The van der Waals surface area contributed by atoms with Gasteiger partial charge < -0.3 is 9.88 Å². The summed E-state index contributed by atoms with van der Waals surface area (Å²) >= 11 is 1.55. The number of benzene rings is 1. The molecule has 156 valence electrons. The van der Waals surface area contributed by atoms with Gasteiger partial charge in [-0.25, -0.2) is 4.98 Å². The summed E-state index contributed by atoms with van der Waals surface area (Å²) in [6, 6.07) is 10.2. The summed E-state index contributed by atoms with van der Waals surface area (Å²) in [4.78, 5) is 38.8. The number of nitrogens with zero attached hydrogens (tertiary/aromatic N) is 4. The molecule has 1 aromatic carbocycles. The van der Waals surface area contributed by atoms with E-state index in [-0.39, 0.29) is 11.8 Å². The Morgan fingerprint density at radius 3 is 2.67 bits per heavy atom. The van der Waals surface area contributed by atoms with Crippen LogP contribution < -0.4 is 4.90 Å². The van der Waals surface area contributed by atoms with E-state index in [9.17, 15) is 9.59 Å². The number of piperazine rings is 1. The summed E-state index contributed by atoms with van der Waals surface area (Å²) in [5.74, 6) is 0.130. The Hall–Kier alpha value is -2.71. The summed E-state index contributed by atoms with van der Waals surface area (Å²) in [5, 5.41) is 3.92. The molecule has 2 aliphatic rings. The van der Waals surface area contributed by atoms with Gasteiger partial charge in [0.05, 0.1) is 5.69 Å². The normalized spacial score (nSPS) is 17.4. The van der Waals surface area contributed by atoms with Gasteiger partial charge in [0.1, 0.15) is 5.69 Å². The minimum Gasteiger partial charge on any atom is -0.351 e. The molecule has 0 bridgehead atoms. The quantitative estimate of drug-likeness (QED) is 0.685. The second-order valence-corrected chi connectivity index (χ2v) is 8.92. The van der Waals surface area contributed by atoms with Gasteiger partial charge in [0.25, 0.3) is 5.91 Å². The number of anilines is 1. The fourth-order valence-electron chi connectivity index (χ4n) is 4.06. The van der Waals surface area contributed by atoms with Crippen LogP contribution in [0.25, 0.3) is 10.9 Å². The molecule has 1 aliphatic carbocycles. The van der Waals surface area contributed by atoms with E-state index in [1.807, 2.05) is 40.1 Å². The molecule has 5 rings (SSSR count). The number of carbonyl (C=O) groups excluding carboxylic acids is 2. The van der Waals surface area contributed by atoms with Gasteiger partial charge in [0.15, 0.2) is 5.13 Å². The third-order valence-electron chi connectivity index (χ3n) is 5.80. The number of hydrogen-bond donors (Lipinski definition) is 1. The third kappa shape index (κ3) is 3.85. The number of fused-ring (bicyclic) bond motifs is 1. The van der Waals surface area contributed by atoms with E-state index in [0.29, 0.717) is 24.8 Å². The van der Waals surface area contributed by atoms with Crippen molar-refractivity contribution in [2.75, 3.05) is 31.1 Å². The molecule has 2 aromatic heterocycles. The number of aromatic amines is 1. The minimum absolute atomic E-state index is 0.0586.